The summed E-state index contributed by atoms with van der Waals surface area (Å²) in [5.74, 6) is -0.384. The monoisotopic (exact) mass is 471 g/mol. The first-order valence-electron chi connectivity index (χ1n) is 10.9. The van der Waals surface area contributed by atoms with E-state index in [2.05, 4.69) is 10.6 Å². The second kappa shape index (κ2) is 7.33. The van der Waals surface area contributed by atoms with Gasteiger partial charge in [-0.3, -0.25) is 14.5 Å². The summed E-state index contributed by atoms with van der Waals surface area (Å²) in [7, 11) is 1.90. The lowest BCUT2D eigenvalue weighted by atomic mass is 9.81. The van der Waals surface area contributed by atoms with Crippen LogP contribution in [-0.2, 0) is 21.2 Å². The first kappa shape index (κ1) is 22.5. The zero-order valence-corrected chi connectivity index (χ0v) is 19.0. The molecule has 0 radical (unpaired) electrons. The predicted octanol–water partition coefficient (Wildman–Crippen LogP) is 4.42. The van der Waals surface area contributed by atoms with Crippen molar-refractivity contribution in [3.8, 4) is 5.75 Å². The Morgan fingerprint density at radius 2 is 1.91 bits per heavy atom. The Bertz CT molecular complexity index is 1240. The zero-order valence-electron chi connectivity index (χ0n) is 19.0. The molecule has 3 aliphatic heterocycles. The van der Waals surface area contributed by atoms with Crippen molar-refractivity contribution in [3.63, 3.8) is 0 Å². The molecule has 3 aliphatic rings. The van der Waals surface area contributed by atoms with Crippen LogP contribution in [0.5, 0.6) is 5.75 Å². The SMILES string of the molecule is CN1CC2(C/C(=C\C(=O)Nc3ccc4c(c3)NC(=O)C4(C)C)c3ccc(C(F)(F)F)cc3O2)C1. The second-order valence-electron chi connectivity index (χ2n) is 9.84. The predicted molar refractivity (Wildman–Crippen MR) is 122 cm³/mol. The van der Waals surface area contributed by atoms with Gasteiger partial charge in [0.05, 0.1) is 11.0 Å². The molecule has 1 spiro atoms. The standard InChI is InChI=1S/C25H24F3N3O3/c1-23(2)18-7-5-16(10-19(18)30-22(23)33)29-21(32)8-14-11-24(12-31(3)13-24)34-20-9-15(25(26,27)28)4-6-17(14)20/h4-10H,11-13H2,1-3H3,(H,29,32)(H,30,33)/b14-8+. The zero-order chi connectivity index (χ0) is 24.5. The number of likely N-dealkylation sites (N-methyl/N-ethyl adjacent to an activating group) is 1. The fraction of sp³-hybridized carbons (Fsp3) is 0.360. The molecule has 178 valence electrons. The van der Waals surface area contributed by atoms with E-state index in [9.17, 15) is 22.8 Å². The fourth-order valence-electron chi connectivity index (χ4n) is 5.01. The molecule has 2 amide bonds. The van der Waals surface area contributed by atoms with Crippen molar-refractivity contribution in [2.24, 2.45) is 0 Å². The number of ether oxygens (including phenoxy) is 1. The maximum absolute atomic E-state index is 13.3. The molecular weight excluding hydrogens is 447 g/mol. The van der Waals surface area contributed by atoms with E-state index in [1.807, 2.05) is 25.8 Å². The molecule has 6 nitrogen and oxygen atoms in total. The minimum Gasteiger partial charge on any atom is -0.484 e. The number of rotatable bonds is 2. The van der Waals surface area contributed by atoms with Crippen molar-refractivity contribution in [1.29, 1.82) is 0 Å². The van der Waals surface area contributed by atoms with Crippen LogP contribution in [0.4, 0.5) is 24.5 Å². The molecule has 0 aliphatic carbocycles. The highest BCUT2D eigenvalue weighted by Gasteiger charge is 2.48. The van der Waals surface area contributed by atoms with Crippen LogP contribution in [0.2, 0.25) is 0 Å². The highest BCUT2D eigenvalue weighted by molar-refractivity contribution is 6.08. The molecule has 0 atom stereocenters. The number of amides is 2. The van der Waals surface area contributed by atoms with E-state index in [4.69, 9.17) is 4.74 Å². The number of halogens is 3. The lowest BCUT2D eigenvalue weighted by molar-refractivity contribution is -0.138. The number of likely N-dealkylation sites (tertiary alicyclic amines) is 1. The number of hydrogen-bond donors (Lipinski definition) is 2. The Hall–Kier alpha value is -3.33. The first-order chi connectivity index (χ1) is 15.9. The third-order valence-electron chi connectivity index (χ3n) is 6.69. The Morgan fingerprint density at radius 1 is 1.18 bits per heavy atom. The van der Waals surface area contributed by atoms with Crippen LogP contribution >= 0.6 is 0 Å². The highest BCUT2D eigenvalue weighted by atomic mass is 19.4. The van der Waals surface area contributed by atoms with Gasteiger partial charge >= 0.3 is 6.18 Å². The number of hydrogen-bond acceptors (Lipinski definition) is 4. The van der Waals surface area contributed by atoms with E-state index in [1.165, 1.54) is 12.1 Å². The maximum Gasteiger partial charge on any atom is 0.416 e. The number of alkyl halides is 3. The van der Waals surface area contributed by atoms with E-state index in [1.54, 1.807) is 18.2 Å². The molecule has 0 saturated carbocycles. The van der Waals surface area contributed by atoms with Crippen molar-refractivity contribution in [2.75, 3.05) is 30.8 Å². The van der Waals surface area contributed by atoms with Crippen molar-refractivity contribution >= 4 is 28.8 Å². The summed E-state index contributed by atoms with van der Waals surface area (Å²) in [5, 5.41) is 5.63. The Labute approximate surface area is 194 Å². The van der Waals surface area contributed by atoms with E-state index >= 15 is 0 Å². The largest absolute Gasteiger partial charge is 0.484 e. The summed E-state index contributed by atoms with van der Waals surface area (Å²) >= 11 is 0. The molecule has 9 heteroatoms. The Kier molecular flexibility index (Phi) is 4.84. The summed E-state index contributed by atoms with van der Waals surface area (Å²) in [6.45, 7) is 4.78. The number of carbonyl (C=O) groups is 2. The maximum atomic E-state index is 13.3. The summed E-state index contributed by atoms with van der Waals surface area (Å²) in [6.07, 6.45) is -2.65. The van der Waals surface area contributed by atoms with Gasteiger partial charge in [0, 0.05) is 42.5 Å². The van der Waals surface area contributed by atoms with Crippen molar-refractivity contribution in [2.45, 2.75) is 37.5 Å². The van der Waals surface area contributed by atoms with Crippen LogP contribution in [0.3, 0.4) is 0 Å². The number of anilines is 2. The number of benzene rings is 2. The molecule has 34 heavy (non-hydrogen) atoms. The molecule has 5 rings (SSSR count). The van der Waals surface area contributed by atoms with Crippen LogP contribution < -0.4 is 15.4 Å². The minimum absolute atomic E-state index is 0.110. The van der Waals surface area contributed by atoms with Crippen LogP contribution in [0.25, 0.3) is 5.57 Å². The van der Waals surface area contributed by atoms with Gasteiger partial charge in [-0.1, -0.05) is 12.1 Å². The van der Waals surface area contributed by atoms with Gasteiger partial charge in [0.25, 0.3) is 0 Å². The van der Waals surface area contributed by atoms with Crippen LogP contribution in [0, 0.1) is 0 Å². The summed E-state index contributed by atoms with van der Waals surface area (Å²) in [4.78, 5) is 27.1. The second-order valence-corrected chi connectivity index (χ2v) is 9.84. The van der Waals surface area contributed by atoms with Crippen molar-refractivity contribution in [3.05, 3.63) is 59.2 Å². The molecule has 2 aromatic rings. The molecule has 0 bridgehead atoms. The van der Waals surface area contributed by atoms with Crippen molar-refractivity contribution < 1.29 is 27.5 Å². The summed E-state index contributed by atoms with van der Waals surface area (Å²) in [5.41, 5.74) is 1.02. The molecular formula is C25H24F3N3O3. The van der Waals surface area contributed by atoms with Gasteiger partial charge in [-0.05, 0) is 56.3 Å². The van der Waals surface area contributed by atoms with Gasteiger partial charge < -0.3 is 15.4 Å². The number of fused-ring (bicyclic) bond motifs is 2. The van der Waals surface area contributed by atoms with Crippen molar-refractivity contribution in [1.82, 2.24) is 4.90 Å². The lowest BCUT2D eigenvalue weighted by Crippen LogP contribution is -2.64. The molecule has 1 saturated heterocycles. The van der Waals surface area contributed by atoms with Crippen LogP contribution in [0.1, 0.15) is 37.0 Å². The quantitative estimate of drug-likeness (QED) is 0.636. The average Bonchev–Trinajstić information content (AvgIpc) is 2.93. The normalized spacial score (nSPS) is 21.4. The number of carbonyl (C=O) groups excluding carboxylic acids is 2. The van der Waals surface area contributed by atoms with Crippen LogP contribution in [0.15, 0.2) is 42.5 Å². The van der Waals surface area contributed by atoms with Crippen LogP contribution in [-0.4, -0.2) is 42.5 Å². The highest BCUT2D eigenvalue weighted by Crippen LogP contribution is 2.46. The first-order valence-corrected chi connectivity index (χ1v) is 10.9. The smallest absolute Gasteiger partial charge is 0.416 e. The van der Waals surface area contributed by atoms with Gasteiger partial charge in [-0.15, -0.1) is 0 Å². The topological polar surface area (TPSA) is 70.7 Å². The van der Waals surface area contributed by atoms with Gasteiger partial charge in [0.15, 0.2) is 0 Å². The number of nitrogens with zero attached hydrogens (tertiary/aromatic N) is 1. The van der Waals surface area contributed by atoms with E-state index in [0.29, 0.717) is 42.0 Å². The third-order valence-corrected chi connectivity index (χ3v) is 6.69. The van der Waals surface area contributed by atoms with Gasteiger partial charge in [0.1, 0.15) is 11.4 Å². The Balaban J connectivity index is 1.43. The molecule has 0 unspecified atom stereocenters. The third kappa shape index (κ3) is 3.73. The fourth-order valence-corrected chi connectivity index (χ4v) is 5.01. The summed E-state index contributed by atoms with van der Waals surface area (Å²) in [6, 6.07) is 8.60. The lowest BCUT2D eigenvalue weighted by Gasteiger charge is -2.51. The molecule has 1 fully saturated rings. The van der Waals surface area contributed by atoms with E-state index < -0.39 is 28.7 Å². The van der Waals surface area contributed by atoms with E-state index in [0.717, 1.165) is 17.7 Å². The van der Waals surface area contributed by atoms with Gasteiger partial charge in [0.2, 0.25) is 11.8 Å². The molecule has 0 aromatic heterocycles. The van der Waals surface area contributed by atoms with E-state index in [-0.39, 0.29) is 11.7 Å². The molecule has 3 heterocycles. The summed E-state index contributed by atoms with van der Waals surface area (Å²) < 4.78 is 45.8. The van der Waals surface area contributed by atoms with Gasteiger partial charge in [-0.25, -0.2) is 0 Å². The minimum atomic E-state index is -4.49. The molecule has 2 N–H and O–H groups in total. The average molecular weight is 471 g/mol. The van der Waals surface area contributed by atoms with Gasteiger partial charge in [-0.2, -0.15) is 13.2 Å². The number of nitrogens with one attached hydrogen (secondary N) is 2. The Morgan fingerprint density at radius 3 is 2.59 bits per heavy atom. The molecule has 2 aromatic carbocycles.